The quantitative estimate of drug-likeness (QED) is 0.837. The van der Waals surface area contributed by atoms with E-state index in [4.69, 9.17) is 0 Å². The van der Waals surface area contributed by atoms with E-state index in [9.17, 15) is 18.0 Å². The molecule has 1 N–H and O–H groups in total. The van der Waals surface area contributed by atoms with Gasteiger partial charge in [-0.15, -0.1) is 0 Å². The zero-order valence-corrected chi connectivity index (χ0v) is 15.6. The Labute approximate surface area is 152 Å². The lowest BCUT2D eigenvalue weighted by Gasteiger charge is -2.21. The number of rotatable bonds is 4. The van der Waals surface area contributed by atoms with Crippen molar-refractivity contribution in [2.45, 2.75) is 26.3 Å². The van der Waals surface area contributed by atoms with E-state index in [1.54, 1.807) is 42.5 Å². The highest BCUT2D eigenvalue weighted by molar-refractivity contribution is 7.92. The van der Waals surface area contributed by atoms with Crippen molar-refractivity contribution in [3.05, 3.63) is 59.2 Å². The van der Waals surface area contributed by atoms with Crippen molar-refractivity contribution in [1.29, 1.82) is 0 Å². The maximum absolute atomic E-state index is 12.5. The first kappa shape index (κ1) is 18.1. The molecule has 26 heavy (non-hydrogen) atoms. The molecule has 1 heterocycles. The molecule has 2 aromatic carbocycles. The van der Waals surface area contributed by atoms with E-state index in [2.05, 4.69) is 5.32 Å². The summed E-state index contributed by atoms with van der Waals surface area (Å²) in [6.07, 6.45) is 1.75. The van der Waals surface area contributed by atoms with Gasteiger partial charge in [-0.1, -0.05) is 0 Å². The lowest BCUT2D eigenvalue weighted by molar-refractivity contribution is 0.101. The Balaban J connectivity index is 1.82. The van der Waals surface area contributed by atoms with Crippen molar-refractivity contribution in [1.82, 2.24) is 0 Å². The van der Waals surface area contributed by atoms with Crippen LogP contribution in [0.2, 0.25) is 0 Å². The predicted molar refractivity (Wildman–Crippen MR) is 101 cm³/mol. The molecule has 0 aromatic heterocycles. The third-order valence-electron chi connectivity index (χ3n) is 4.40. The normalized spacial score (nSPS) is 16.3. The van der Waals surface area contributed by atoms with E-state index in [1.165, 1.54) is 17.5 Å². The summed E-state index contributed by atoms with van der Waals surface area (Å²) in [6.45, 7) is 3.33. The maximum atomic E-state index is 12.5. The second-order valence-corrected chi connectivity index (χ2v) is 8.40. The molecule has 3 rings (SSSR count). The Morgan fingerprint density at radius 2 is 1.69 bits per heavy atom. The summed E-state index contributed by atoms with van der Waals surface area (Å²) in [5.74, 6) is -0.320. The van der Waals surface area contributed by atoms with Crippen molar-refractivity contribution in [3.63, 3.8) is 0 Å². The minimum absolute atomic E-state index is 0.0361. The van der Waals surface area contributed by atoms with Crippen LogP contribution in [0.25, 0.3) is 0 Å². The van der Waals surface area contributed by atoms with E-state index in [0.717, 1.165) is 5.56 Å². The number of ketones is 1. The molecule has 0 saturated carbocycles. The van der Waals surface area contributed by atoms with Crippen LogP contribution in [0.1, 0.15) is 40.1 Å². The molecule has 136 valence electrons. The monoisotopic (exact) mass is 372 g/mol. The highest BCUT2D eigenvalue weighted by Crippen LogP contribution is 2.34. The molecule has 1 aliphatic heterocycles. The molecule has 0 radical (unpaired) electrons. The van der Waals surface area contributed by atoms with Gasteiger partial charge in [0.05, 0.1) is 11.9 Å². The van der Waals surface area contributed by atoms with Gasteiger partial charge in [0.2, 0.25) is 10.0 Å². The average molecular weight is 372 g/mol. The average Bonchev–Trinajstić information content (AvgIpc) is 2.90. The second kappa shape index (κ2) is 6.57. The molecule has 1 amide bonds. The van der Waals surface area contributed by atoms with Gasteiger partial charge >= 0.3 is 0 Å². The summed E-state index contributed by atoms with van der Waals surface area (Å²) in [7, 11) is -3.35. The topological polar surface area (TPSA) is 83.6 Å². The van der Waals surface area contributed by atoms with Crippen LogP contribution in [-0.2, 0) is 16.4 Å². The van der Waals surface area contributed by atoms with Gasteiger partial charge < -0.3 is 5.32 Å². The highest BCUT2D eigenvalue weighted by atomic mass is 32.2. The number of amides is 1. The molecular formula is C19H20N2O4S. The Morgan fingerprint density at radius 1 is 1.08 bits per heavy atom. The van der Waals surface area contributed by atoms with E-state index in [-0.39, 0.29) is 17.7 Å². The van der Waals surface area contributed by atoms with E-state index >= 15 is 0 Å². The fraction of sp³-hybridized carbons (Fsp3) is 0.263. The summed E-state index contributed by atoms with van der Waals surface area (Å²) in [4.78, 5) is 23.8. The highest BCUT2D eigenvalue weighted by Gasteiger charge is 2.32. The molecule has 0 unspecified atom stereocenters. The third-order valence-corrected chi connectivity index (χ3v) is 5.67. The molecule has 1 atom stereocenters. The number of hydrogen-bond donors (Lipinski definition) is 1. The number of sulfonamides is 1. The van der Waals surface area contributed by atoms with Gasteiger partial charge in [0.1, 0.15) is 0 Å². The van der Waals surface area contributed by atoms with E-state index < -0.39 is 10.0 Å². The van der Waals surface area contributed by atoms with Gasteiger partial charge in [0, 0.05) is 22.9 Å². The SMILES string of the molecule is CC(=O)c1ccc(NC(=O)c2ccc3c(c2)C[C@H](C)N3S(C)(=O)=O)cc1. The predicted octanol–water partition coefficient (Wildman–Crippen LogP) is 2.85. The molecule has 0 spiro atoms. The number of benzene rings is 2. The Morgan fingerprint density at radius 3 is 2.27 bits per heavy atom. The molecule has 1 aliphatic rings. The number of hydrogen-bond acceptors (Lipinski definition) is 4. The van der Waals surface area contributed by atoms with Crippen molar-refractivity contribution < 1.29 is 18.0 Å². The molecule has 0 fully saturated rings. The molecule has 0 bridgehead atoms. The molecular weight excluding hydrogens is 352 g/mol. The minimum Gasteiger partial charge on any atom is -0.322 e. The zero-order chi connectivity index (χ0) is 19.1. The number of carbonyl (C=O) groups excluding carboxylic acids is 2. The van der Waals surface area contributed by atoms with Crippen molar-refractivity contribution in [3.8, 4) is 0 Å². The maximum Gasteiger partial charge on any atom is 0.255 e. The number of Topliss-reactive ketones (excluding diaryl/α,β-unsaturated/α-hetero) is 1. The van der Waals surface area contributed by atoms with Crippen LogP contribution in [0.15, 0.2) is 42.5 Å². The van der Waals surface area contributed by atoms with Crippen LogP contribution >= 0.6 is 0 Å². The first-order chi connectivity index (χ1) is 12.2. The van der Waals surface area contributed by atoms with Gasteiger partial charge in [-0.2, -0.15) is 0 Å². The number of nitrogens with zero attached hydrogens (tertiary/aromatic N) is 1. The third kappa shape index (κ3) is 3.48. The number of anilines is 2. The first-order valence-electron chi connectivity index (χ1n) is 8.21. The largest absolute Gasteiger partial charge is 0.322 e. The fourth-order valence-electron chi connectivity index (χ4n) is 3.24. The summed E-state index contributed by atoms with van der Waals surface area (Å²) in [6, 6.07) is 11.5. The van der Waals surface area contributed by atoms with Crippen LogP contribution in [-0.4, -0.2) is 32.4 Å². The van der Waals surface area contributed by atoms with Gasteiger partial charge in [-0.25, -0.2) is 8.42 Å². The molecule has 2 aromatic rings. The van der Waals surface area contributed by atoms with Crippen molar-refractivity contribution in [2.24, 2.45) is 0 Å². The molecule has 0 aliphatic carbocycles. The van der Waals surface area contributed by atoms with Gasteiger partial charge in [0.25, 0.3) is 5.91 Å². The molecule has 0 saturated heterocycles. The van der Waals surface area contributed by atoms with Gasteiger partial charge in [-0.05, 0) is 68.3 Å². The molecule has 6 nitrogen and oxygen atoms in total. The van der Waals surface area contributed by atoms with Crippen LogP contribution in [0, 0.1) is 0 Å². The summed E-state index contributed by atoms with van der Waals surface area (Å²) in [5, 5.41) is 2.79. The van der Waals surface area contributed by atoms with E-state index in [1.807, 2.05) is 6.92 Å². The Hall–Kier alpha value is -2.67. The number of fused-ring (bicyclic) bond motifs is 1. The summed E-state index contributed by atoms with van der Waals surface area (Å²) >= 11 is 0. The van der Waals surface area contributed by atoms with Crippen LogP contribution in [0.4, 0.5) is 11.4 Å². The summed E-state index contributed by atoms with van der Waals surface area (Å²) in [5.41, 5.74) is 3.09. The lowest BCUT2D eigenvalue weighted by atomic mass is 10.1. The molecule has 7 heteroatoms. The standard InChI is InChI=1S/C19H20N2O4S/c1-12-10-16-11-15(6-9-18(16)21(12)26(3,24)25)19(23)20-17-7-4-14(5-8-17)13(2)22/h4-9,11-12H,10H2,1-3H3,(H,20,23)/t12-/m0/s1. The lowest BCUT2D eigenvalue weighted by Crippen LogP contribution is -2.34. The van der Waals surface area contributed by atoms with Crippen LogP contribution in [0.3, 0.4) is 0 Å². The summed E-state index contributed by atoms with van der Waals surface area (Å²) < 4.78 is 25.3. The van der Waals surface area contributed by atoms with Crippen molar-refractivity contribution >= 4 is 33.1 Å². The van der Waals surface area contributed by atoms with E-state index in [0.29, 0.717) is 28.9 Å². The fourth-order valence-corrected chi connectivity index (χ4v) is 4.50. The van der Waals surface area contributed by atoms with Crippen molar-refractivity contribution in [2.75, 3.05) is 15.9 Å². The smallest absolute Gasteiger partial charge is 0.255 e. The number of carbonyl (C=O) groups is 2. The Bertz CT molecular complexity index is 981. The van der Waals surface area contributed by atoms with Gasteiger partial charge in [-0.3, -0.25) is 13.9 Å². The van der Waals surface area contributed by atoms with Crippen LogP contribution in [0.5, 0.6) is 0 Å². The number of nitrogens with one attached hydrogen (secondary N) is 1. The Kier molecular flexibility index (Phi) is 4.58. The first-order valence-corrected chi connectivity index (χ1v) is 10.1. The van der Waals surface area contributed by atoms with Gasteiger partial charge in [0.15, 0.2) is 5.78 Å². The zero-order valence-electron chi connectivity index (χ0n) is 14.8. The second-order valence-electron chi connectivity index (χ2n) is 6.54. The van der Waals surface area contributed by atoms with Crippen LogP contribution < -0.4 is 9.62 Å². The minimum atomic E-state index is -3.35.